The maximum atomic E-state index is 11.9. The average molecular weight is 208 g/mol. The summed E-state index contributed by atoms with van der Waals surface area (Å²) in [6, 6.07) is 0. The molecule has 0 saturated heterocycles. The van der Waals surface area contributed by atoms with Gasteiger partial charge in [0.1, 0.15) is 0 Å². The smallest absolute Gasteiger partial charge is 0.0906 e. The summed E-state index contributed by atoms with van der Waals surface area (Å²) in [5.41, 5.74) is 0.120. The first kappa shape index (κ1) is 11.3. The fourth-order valence-corrected chi connectivity index (χ4v) is 2.37. The number of hydrogen-bond donors (Lipinski definition) is 1. The van der Waals surface area contributed by atoms with E-state index in [1.807, 2.05) is 0 Å². The SMILES string of the molecule is FCCCNC1(CCl)CCCCC1. The molecule has 0 aromatic rings. The van der Waals surface area contributed by atoms with Crippen LogP contribution in [0.3, 0.4) is 0 Å². The third-order valence-electron chi connectivity index (χ3n) is 2.88. The van der Waals surface area contributed by atoms with Crippen LogP contribution >= 0.6 is 11.6 Å². The van der Waals surface area contributed by atoms with Crippen LogP contribution in [0.4, 0.5) is 4.39 Å². The van der Waals surface area contributed by atoms with Crippen LogP contribution in [-0.4, -0.2) is 24.6 Å². The van der Waals surface area contributed by atoms with Crippen molar-refractivity contribution in [2.75, 3.05) is 19.1 Å². The van der Waals surface area contributed by atoms with Gasteiger partial charge < -0.3 is 5.32 Å². The Balaban J connectivity index is 2.29. The van der Waals surface area contributed by atoms with Crippen molar-refractivity contribution in [3.8, 4) is 0 Å². The number of halogens is 2. The molecule has 3 heteroatoms. The molecule has 1 aliphatic rings. The van der Waals surface area contributed by atoms with E-state index in [4.69, 9.17) is 11.6 Å². The second-order valence-electron chi connectivity index (χ2n) is 3.94. The van der Waals surface area contributed by atoms with Gasteiger partial charge in [-0.2, -0.15) is 0 Å². The lowest BCUT2D eigenvalue weighted by Crippen LogP contribution is -2.48. The van der Waals surface area contributed by atoms with Gasteiger partial charge >= 0.3 is 0 Å². The normalized spacial score (nSPS) is 21.7. The molecule has 1 N–H and O–H groups in total. The highest BCUT2D eigenvalue weighted by Crippen LogP contribution is 2.29. The molecule has 13 heavy (non-hydrogen) atoms. The van der Waals surface area contributed by atoms with Crippen molar-refractivity contribution in [3.05, 3.63) is 0 Å². The largest absolute Gasteiger partial charge is 0.310 e. The fraction of sp³-hybridized carbons (Fsp3) is 1.00. The summed E-state index contributed by atoms with van der Waals surface area (Å²) in [6.45, 7) is 0.536. The molecule has 0 unspecified atom stereocenters. The van der Waals surface area contributed by atoms with E-state index in [1.165, 1.54) is 19.3 Å². The van der Waals surface area contributed by atoms with Crippen LogP contribution in [0.2, 0.25) is 0 Å². The summed E-state index contributed by atoms with van der Waals surface area (Å²) in [5.74, 6) is 0.666. The zero-order chi connectivity index (χ0) is 9.57. The van der Waals surface area contributed by atoms with Crippen molar-refractivity contribution in [1.82, 2.24) is 5.32 Å². The van der Waals surface area contributed by atoms with Crippen LogP contribution in [0.15, 0.2) is 0 Å². The molecule has 1 fully saturated rings. The molecule has 0 aromatic carbocycles. The summed E-state index contributed by atoms with van der Waals surface area (Å²) in [5, 5.41) is 3.41. The Hall–Kier alpha value is 0.180. The quantitative estimate of drug-likeness (QED) is 0.540. The molecular formula is C10H19ClFN. The number of rotatable bonds is 5. The average Bonchev–Trinajstić information content (AvgIpc) is 2.20. The minimum absolute atomic E-state index is 0.120. The lowest BCUT2D eigenvalue weighted by molar-refractivity contribution is 0.254. The van der Waals surface area contributed by atoms with E-state index in [0.29, 0.717) is 12.3 Å². The lowest BCUT2D eigenvalue weighted by atomic mass is 9.83. The number of alkyl halides is 2. The summed E-state index contributed by atoms with van der Waals surface area (Å²) in [7, 11) is 0. The van der Waals surface area contributed by atoms with E-state index in [-0.39, 0.29) is 12.2 Å². The van der Waals surface area contributed by atoms with Crippen LogP contribution in [-0.2, 0) is 0 Å². The molecule has 0 atom stereocenters. The van der Waals surface area contributed by atoms with Gasteiger partial charge in [-0.1, -0.05) is 19.3 Å². The molecule has 1 aliphatic carbocycles. The van der Waals surface area contributed by atoms with E-state index in [2.05, 4.69) is 5.32 Å². The van der Waals surface area contributed by atoms with Gasteiger partial charge in [0.15, 0.2) is 0 Å². The number of hydrogen-bond acceptors (Lipinski definition) is 1. The molecule has 0 radical (unpaired) electrons. The van der Waals surface area contributed by atoms with Gasteiger partial charge in [0.2, 0.25) is 0 Å². The Kier molecular flexibility index (Phi) is 5.04. The zero-order valence-corrected chi connectivity index (χ0v) is 8.88. The predicted molar refractivity (Wildman–Crippen MR) is 55.1 cm³/mol. The monoisotopic (exact) mass is 207 g/mol. The molecule has 0 bridgehead atoms. The Morgan fingerprint density at radius 3 is 2.46 bits per heavy atom. The molecule has 0 heterocycles. The van der Waals surface area contributed by atoms with Gasteiger partial charge in [-0.05, 0) is 25.8 Å². The first-order valence-electron chi connectivity index (χ1n) is 5.20. The van der Waals surface area contributed by atoms with Gasteiger partial charge in [0, 0.05) is 11.4 Å². The van der Waals surface area contributed by atoms with Gasteiger partial charge in [-0.3, -0.25) is 4.39 Å². The molecule has 0 amide bonds. The highest BCUT2D eigenvalue weighted by atomic mass is 35.5. The van der Waals surface area contributed by atoms with Crippen LogP contribution in [0.1, 0.15) is 38.5 Å². The number of nitrogens with one attached hydrogen (secondary N) is 1. The highest BCUT2D eigenvalue weighted by Gasteiger charge is 2.29. The van der Waals surface area contributed by atoms with E-state index < -0.39 is 0 Å². The van der Waals surface area contributed by atoms with E-state index in [0.717, 1.165) is 19.4 Å². The van der Waals surface area contributed by atoms with Crippen LogP contribution in [0.5, 0.6) is 0 Å². The van der Waals surface area contributed by atoms with Gasteiger partial charge in [0.05, 0.1) is 6.67 Å². The first-order chi connectivity index (χ1) is 6.33. The second-order valence-corrected chi connectivity index (χ2v) is 4.21. The molecule has 1 rings (SSSR count). The van der Waals surface area contributed by atoms with Crippen molar-refractivity contribution >= 4 is 11.6 Å². The molecule has 0 aliphatic heterocycles. The van der Waals surface area contributed by atoms with Crippen LogP contribution in [0.25, 0.3) is 0 Å². The standard InChI is InChI=1S/C10H19ClFN/c11-9-10(13-8-4-7-12)5-2-1-3-6-10/h13H,1-9H2. The zero-order valence-electron chi connectivity index (χ0n) is 8.12. The van der Waals surface area contributed by atoms with Crippen molar-refractivity contribution in [3.63, 3.8) is 0 Å². The summed E-state index contributed by atoms with van der Waals surface area (Å²) in [4.78, 5) is 0. The van der Waals surface area contributed by atoms with Crippen LogP contribution < -0.4 is 5.32 Å². The van der Waals surface area contributed by atoms with Crippen molar-refractivity contribution in [2.24, 2.45) is 0 Å². The maximum absolute atomic E-state index is 11.9. The van der Waals surface area contributed by atoms with Crippen molar-refractivity contribution < 1.29 is 4.39 Å². The lowest BCUT2D eigenvalue weighted by Gasteiger charge is -2.36. The second kappa shape index (κ2) is 5.82. The molecule has 0 spiro atoms. The molecule has 0 aromatic heterocycles. The Morgan fingerprint density at radius 2 is 1.92 bits per heavy atom. The maximum Gasteiger partial charge on any atom is 0.0906 e. The fourth-order valence-electron chi connectivity index (χ4n) is 2.01. The van der Waals surface area contributed by atoms with Gasteiger partial charge in [0.25, 0.3) is 0 Å². The Morgan fingerprint density at radius 1 is 1.23 bits per heavy atom. The van der Waals surface area contributed by atoms with E-state index in [1.54, 1.807) is 0 Å². The molecule has 78 valence electrons. The predicted octanol–water partition coefficient (Wildman–Crippen LogP) is 2.88. The highest BCUT2D eigenvalue weighted by molar-refractivity contribution is 6.18. The molecule has 1 nitrogen and oxygen atoms in total. The van der Waals surface area contributed by atoms with Crippen molar-refractivity contribution in [2.45, 2.75) is 44.1 Å². The van der Waals surface area contributed by atoms with Gasteiger partial charge in [-0.25, -0.2) is 0 Å². The summed E-state index contributed by atoms with van der Waals surface area (Å²) < 4.78 is 11.9. The first-order valence-corrected chi connectivity index (χ1v) is 5.73. The topological polar surface area (TPSA) is 12.0 Å². The van der Waals surface area contributed by atoms with E-state index >= 15 is 0 Å². The molecular weight excluding hydrogens is 189 g/mol. The third-order valence-corrected chi connectivity index (χ3v) is 3.39. The Labute approximate surface area is 85.0 Å². The van der Waals surface area contributed by atoms with Gasteiger partial charge in [-0.15, -0.1) is 11.6 Å². The molecule has 1 saturated carbocycles. The Bertz CT molecular complexity index is 135. The van der Waals surface area contributed by atoms with Crippen molar-refractivity contribution in [1.29, 1.82) is 0 Å². The minimum atomic E-state index is -0.231. The van der Waals surface area contributed by atoms with Crippen LogP contribution in [0, 0.1) is 0 Å². The third kappa shape index (κ3) is 3.43. The summed E-state index contributed by atoms with van der Waals surface area (Å²) >= 11 is 5.96. The summed E-state index contributed by atoms with van der Waals surface area (Å²) in [6.07, 6.45) is 6.76. The van der Waals surface area contributed by atoms with E-state index in [9.17, 15) is 4.39 Å². The minimum Gasteiger partial charge on any atom is -0.310 e.